The largest absolute Gasteiger partial charge is 0.494 e. The van der Waals surface area contributed by atoms with Gasteiger partial charge in [0.25, 0.3) is 0 Å². The maximum atomic E-state index is 9.31. The first kappa shape index (κ1) is 15.4. The summed E-state index contributed by atoms with van der Waals surface area (Å²) < 4.78 is 5.77. The molecule has 3 heteroatoms. The van der Waals surface area contributed by atoms with E-state index in [0.29, 0.717) is 18.1 Å². The average Bonchev–Trinajstić information content (AvgIpc) is 2.42. The normalized spacial score (nSPS) is 11.7. The topological polar surface area (TPSA) is 33.0 Å². The molecule has 0 amide bonds. The Bertz CT molecular complexity index is 640. The lowest BCUT2D eigenvalue weighted by Crippen LogP contribution is -2.04. The van der Waals surface area contributed by atoms with Gasteiger partial charge in [-0.2, -0.15) is 5.26 Å². The fraction of sp³-hybridized carbons (Fsp3) is 0.278. The third kappa shape index (κ3) is 4.51. The highest BCUT2D eigenvalue weighted by atomic mass is 35.5. The second-order valence-electron chi connectivity index (χ2n) is 5.20. The van der Waals surface area contributed by atoms with Crippen LogP contribution in [-0.2, 0) is 0 Å². The second-order valence-corrected chi connectivity index (χ2v) is 5.63. The fourth-order valence-electron chi connectivity index (χ4n) is 2.34. The molecule has 0 saturated heterocycles. The Morgan fingerprint density at radius 3 is 2.48 bits per heavy atom. The number of benzene rings is 2. The van der Waals surface area contributed by atoms with Gasteiger partial charge in [0.2, 0.25) is 0 Å². The van der Waals surface area contributed by atoms with Gasteiger partial charge in [-0.15, -0.1) is 0 Å². The summed E-state index contributed by atoms with van der Waals surface area (Å²) in [6, 6.07) is 15.9. The quantitative estimate of drug-likeness (QED) is 0.775. The van der Waals surface area contributed by atoms with Crippen molar-refractivity contribution in [2.24, 2.45) is 0 Å². The lowest BCUT2D eigenvalue weighted by molar-refractivity contribution is 0.305. The van der Waals surface area contributed by atoms with E-state index in [1.165, 1.54) is 11.1 Å². The Hall–Kier alpha value is -1.98. The Balaban J connectivity index is 1.96. The molecule has 21 heavy (non-hydrogen) atoms. The Kier molecular flexibility index (Phi) is 5.25. The Morgan fingerprint density at radius 2 is 1.86 bits per heavy atom. The molecule has 0 bridgehead atoms. The molecule has 0 radical (unpaired) electrons. The minimum atomic E-state index is -0.199. The van der Waals surface area contributed by atoms with Crippen LogP contribution in [0.3, 0.4) is 0 Å². The van der Waals surface area contributed by atoms with Crippen molar-refractivity contribution in [2.45, 2.75) is 26.2 Å². The first-order valence-corrected chi connectivity index (χ1v) is 7.32. The lowest BCUT2D eigenvalue weighted by atomic mass is 9.98. The predicted molar refractivity (Wildman–Crippen MR) is 85.8 cm³/mol. The molecule has 0 aliphatic heterocycles. The van der Waals surface area contributed by atoms with Crippen LogP contribution >= 0.6 is 11.6 Å². The van der Waals surface area contributed by atoms with Gasteiger partial charge in [0.1, 0.15) is 5.75 Å². The number of nitriles is 1. The molecule has 2 aromatic carbocycles. The van der Waals surface area contributed by atoms with Gasteiger partial charge in [-0.3, -0.25) is 0 Å². The van der Waals surface area contributed by atoms with E-state index in [4.69, 9.17) is 16.3 Å². The van der Waals surface area contributed by atoms with Crippen molar-refractivity contribution in [3.8, 4) is 11.8 Å². The molecule has 0 N–H and O–H groups in total. The van der Waals surface area contributed by atoms with E-state index in [1.807, 2.05) is 50.2 Å². The van der Waals surface area contributed by atoms with Crippen LogP contribution in [0.5, 0.6) is 5.75 Å². The van der Waals surface area contributed by atoms with Gasteiger partial charge in [-0.1, -0.05) is 29.8 Å². The zero-order valence-corrected chi connectivity index (χ0v) is 13.0. The smallest absolute Gasteiger partial charge is 0.119 e. The third-order valence-corrected chi connectivity index (χ3v) is 3.51. The van der Waals surface area contributed by atoms with Gasteiger partial charge in [-0.05, 0) is 54.8 Å². The molecule has 0 aliphatic carbocycles. The monoisotopic (exact) mass is 299 g/mol. The van der Waals surface area contributed by atoms with Crippen molar-refractivity contribution >= 4 is 11.6 Å². The van der Waals surface area contributed by atoms with Crippen molar-refractivity contribution in [1.29, 1.82) is 5.26 Å². The highest BCUT2D eigenvalue weighted by molar-refractivity contribution is 6.30. The fourth-order valence-corrected chi connectivity index (χ4v) is 2.54. The summed E-state index contributed by atoms with van der Waals surface area (Å²) in [5, 5.41) is 9.96. The van der Waals surface area contributed by atoms with Crippen LogP contribution in [0, 0.1) is 25.2 Å². The van der Waals surface area contributed by atoms with E-state index < -0.39 is 0 Å². The molecule has 0 fully saturated rings. The van der Waals surface area contributed by atoms with Crippen molar-refractivity contribution < 1.29 is 4.74 Å². The first-order valence-electron chi connectivity index (χ1n) is 6.94. The number of aryl methyl sites for hydroxylation is 2. The van der Waals surface area contributed by atoms with Gasteiger partial charge in [0.05, 0.1) is 18.6 Å². The molecule has 1 unspecified atom stereocenters. The zero-order chi connectivity index (χ0) is 15.2. The van der Waals surface area contributed by atoms with E-state index in [-0.39, 0.29) is 5.92 Å². The average molecular weight is 300 g/mol. The number of rotatable bonds is 5. The van der Waals surface area contributed by atoms with Gasteiger partial charge < -0.3 is 4.74 Å². The molecule has 0 aromatic heterocycles. The molecule has 108 valence electrons. The maximum Gasteiger partial charge on any atom is 0.119 e. The van der Waals surface area contributed by atoms with Crippen LogP contribution in [0.4, 0.5) is 0 Å². The molecule has 0 saturated carbocycles. The molecule has 2 rings (SSSR count). The molecular weight excluding hydrogens is 282 g/mol. The van der Waals surface area contributed by atoms with E-state index in [1.54, 1.807) is 0 Å². The summed E-state index contributed by atoms with van der Waals surface area (Å²) in [4.78, 5) is 0. The number of nitrogens with zero attached hydrogens (tertiary/aromatic N) is 1. The molecular formula is C18H18ClNO. The van der Waals surface area contributed by atoms with Crippen LogP contribution < -0.4 is 4.74 Å². The summed E-state index contributed by atoms with van der Waals surface area (Å²) in [5.74, 6) is 0.657. The minimum Gasteiger partial charge on any atom is -0.494 e. The van der Waals surface area contributed by atoms with Crippen LogP contribution in [0.25, 0.3) is 0 Å². The van der Waals surface area contributed by atoms with Crippen molar-refractivity contribution in [3.05, 3.63) is 64.2 Å². The Labute approximate surface area is 130 Å². The van der Waals surface area contributed by atoms with Crippen LogP contribution in [0.15, 0.2) is 42.5 Å². The SMILES string of the molecule is Cc1cc(C)cc(OCCC(C#N)c2cccc(Cl)c2)c1. The number of hydrogen-bond acceptors (Lipinski definition) is 2. The van der Waals surface area contributed by atoms with Crippen molar-refractivity contribution in [2.75, 3.05) is 6.61 Å². The summed E-state index contributed by atoms with van der Waals surface area (Å²) in [7, 11) is 0. The van der Waals surface area contributed by atoms with E-state index >= 15 is 0 Å². The zero-order valence-electron chi connectivity index (χ0n) is 12.3. The third-order valence-electron chi connectivity index (χ3n) is 3.28. The molecule has 0 heterocycles. The van der Waals surface area contributed by atoms with Crippen LogP contribution in [0.2, 0.25) is 5.02 Å². The summed E-state index contributed by atoms with van der Waals surface area (Å²) >= 11 is 5.97. The summed E-state index contributed by atoms with van der Waals surface area (Å²) in [6.45, 7) is 4.60. The van der Waals surface area contributed by atoms with Crippen LogP contribution in [0.1, 0.15) is 29.0 Å². The molecule has 1 atom stereocenters. The number of halogens is 1. The predicted octanol–water partition coefficient (Wildman–Crippen LogP) is 5.03. The Morgan fingerprint density at radius 1 is 1.14 bits per heavy atom. The van der Waals surface area contributed by atoms with Crippen molar-refractivity contribution in [1.82, 2.24) is 0 Å². The summed E-state index contributed by atoms with van der Waals surface area (Å²) in [6.07, 6.45) is 0.643. The van der Waals surface area contributed by atoms with Gasteiger partial charge in [0, 0.05) is 11.4 Å². The minimum absolute atomic E-state index is 0.199. The number of ether oxygens (including phenoxy) is 1. The molecule has 0 aliphatic rings. The first-order chi connectivity index (χ1) is 10.1. The van der Waals surface area contributed by atoms with Gasteiger partial charge in [0.15, 0.2) is 0 Å². The lowest BCUT2D eigenvalue weighted by Gasteiger charge is -2.12. The highest BCUT2D eigenvalue weighted by Gasteiger charge is 2.11. The van der Waals surface area contributed by atoms with Crippen LogP contribution in [-0.4, -0.2) is 6.61 Å². The number of hydrogen-bond donors (Lipinski definition) is 0. The van der Waals surface area contributed by atoms with E-state index in [0.717, 1.165) is 11.3 Å². The van der Waals surface area contributed by atoms with E-state index in [9.17, 15) is 5.26 Å². The second kappa shape index (κ2) is 7.15. The maximum absolute atomic E-state index is 9.31. The molecule has 2 aromatic rings. The molecule has 0 spiro atoms. The van der Waals surface area contributed by atoms with E-state index in [2.05, 4.69) is 12.1 Å². The van der Waals surface area contributed by atoms with Crippen molar-refractivity contribution in [3.63, 3.8) is 0 Å². The summed E-state index contributed by atoms with van der Waals surface area (Å²) in [5.41, 5.74) is 3.29. The van der Waals surface area contributed by atoms with Gasteiger partial charge in [-0.25, -0.2) is 0 Å². The van der Waals surface area contributed by atoms with Gasteiger partial charge >= 0.3 is 0 Å². The highest BCUT2D eigenvalue weighted by Crippen LogP contribution is 2.23. The standard InChI is InChI=1S/C18H18ClNO/c1-13-8-14(2)10-18(9-13)21-7-6-16(12-20)15-4-3-5-17(19)11-15/h3-5,8-11,16H,6-7H2,1-2H3. The molecule has 2 nitrogen and oxygen atoms in total.